The van der Waals surface area contributed by atoms with E-state index in [9.17, 15) is 9.59 Å². The number of thiophene rings is 1. The summed E-state index contributed by atoms with van der Waals surface area (Å²) in [6.07, 6.45) is 0.282. The van der Waals surface area contributed by atoms with Crippen LogP contribution in [0.5, 0.6) is 0 Å². The molecule has 1 aromatic rings. The van der Waals surface area contributed by atoms with Crippen LogP contribution in [0.2, 0.25) is 4.34 Å². The molecule has 0 aliphatic heterocycles. The van der Waals surface area contributed by atoms with Gasteiger partial charge in [0.25, 0.3) is 0 Å². The molecule has 112 valence electrons. The summed E-state index contributed by atoms with van der Waals surface area (Å²) in [6, 6.07) is 3.74. The van der Waals surface area contributed by atoms with Crippen molar-refractivity contribution in [2.45, 2.75) is 13.0 Å². The van der Waals surface area contributed by atoms with Crippen LogP contribution in [0, 0.1) is 0 Å². The van der Waals surface area contributed by atoms with E-state index in [1.165, 1.54) is 18.4 Å². The van der Waals surface area contributed by atoms with Gasteiger partial charge in [-0.3, -0.25) is 14.5 Å². The number of ether oxygens (including phenoxy) is 1. The second-order valence-electron chi connectivity index (χ2n) is 4.52. The molecule has 0 saturated carbocycles. The normalized spacial score (nSPS) is 10.7. The van der Waals surface area contributed by atoms with Gasteiger partial charge in [-0.2, -0.15) is 0 Å². The Kier molecular flexibility index (Phi) is 6.98. The number of likely N-dealkylation sites (N-methyl/N-ethyl adjacent to an activating group) is 2. The third kappa shape index (κ3) is 5.90. The van der Waals surface area contributed by atoms with Gasteiger partial charge in [-0.15, -0.1) is 11.3 Å². The molecule has 20 heavy (non-hydrogen) atoms. The molecule has 0 fully saturated rings. The predicted octanol–water partition coefficient (Wildman–Crippen LogP) is 1.85. The second-order valence-corrected chi connectivity index (χ2v) is 6.32. The molecular weight excluding hydrogens is 300 g/mol. The number of methoxy groups -OCH3 is 1. The van der Waals surface area contributed by atoms with E-state index in [1.807, 2.05) is 12.1 Å². The SMILES string of the molecule is COC(=O)CCN(C)CC(=O)N(C)Cc1ccc(Cl)s1. The van der Waals surface area contributed by atoms with Gasteiger partial charge in [0.05, 0.1) is 31.0 Å². The average molecular weight is 319 g/mol. The number of amides is 1. The van der Waals surface area contributed by atoms with E-state index in [0.717, 1.165) is 9.21 Å². The van der Waals surface area contributed by atoms with Crippen LogP contribution in [0.3, 0.4) is 0 Å². The molecule has 0 N–H and O–H groups in total. The van der Waals surface area contributed by atoms with Crippen LogP contribution in [-0.2, 0) is 20.9 Å². The molecule has 0 atom stereocenters. The van der Waals surface area contributed by atoms with Crippen molar-refractivity contribution in [2.24, 2.45) is 0 Å². The Morgan fingerprint density at radius 3 is 2.60 bits per heavy atom. The zero-order valence-corrected chi connectivity index (χ0v) is 13.5. The van der Waals surface area contributed by atoms with Gasteiger partial charge in [-0.1, -0.05) is 11.6 Å². The third-order valence-corrected chi connectivity index (χ3v) is 3.99. The lowest BCUT2D eigenvalue weighted by Crippen LogP contribution is -2.37. The van der Waals surface area contributed by atoms with E-state index in [1.54, 1.807) is 23.9 Å². The predicted molar refractivity (Wildman–Crippen MR) is 79.9 cm³/mol. The topological polar surface area (TPSA) is 49.9 Å². The van der Waals surface area contributed by atoms with E-state index in [2.05, 4.69) is 4.74 Å². The van der Waals surface area contributed by atoms with Crippen molar-refractivity contribution in [3.8, 4) is 0 Å². The highest BCUT2D eigenvalue weighted by Gasteiger charge is 2.14. The standard InChI is InChI=1S/C13H19ClN2O3S/c1-15(7-6-13(18)19-3)9-12(17)16(2)8-10-4-5-11(14)20-10/h4-5H,6-9H2,1-3H3. The minimum atomic E-state index is -0.272. The first-order chi connectivity index (χ1) is 9.42. The fraction of sp³-hybridized carbons (Fsp3) is 0.538. The van der Waals surface area contributed by atoms with Crippen LogP contribution in [0.15, 0.2) is 12.1 Å². The maximum absolute atomic E-state index is 12.0. The number of rotatable bonds is 7. The van der Waals surface area contributed by atoms with E-state index in [-0.39, 0.29) is 24.8 Å². The molecule has 0 bridgehead atoms. The number of hydrogen-bond donors (Lipinski definition) is 0. The third-order valence-electron chi connectivity index (χ3n) is 2.78. The lowest BCUT2D eigenvalue weighted by Gasteiger charge is -2.21. The fourth-order valence-corrected chi connectivity index (χ4v) is 2.71. The Labute approximate surface area is 128 Å². The molecule has 5 nitrogen and oxygen atoms in total. The van der Waals surface area contributed by atoms with Crippen molar-refractivity contribution < 1.29 is 14.3 Å². The van der Waals surface area contributed by atoms with Gasteiger partial charge in [-0.05, 0) is 19.2 Å². The Hall–Kier alpha value is -1.11. The number of esters is 1. The van der Waals surface area contributed by atoms with Gasteiger partial charge < -0.3 is 9.64 Å². The monoisotopic (exact) mass is 318 g/mol. The van der Waals surface area contributed by atoms with Crippen LogP contribution in [0.1, 0.15) is 11.3 Å². The van der Waals surface area contributed by atoms with Gasteiger partial charge >= 0.3 is 5.97 Å². The lowest BCUT2D eigenvalue weighted by atomic mass is 10.3. The number of hydrogen-bond acceptors (Lipinski definition) is 5. The van der Waals surface area contributed by atoms with Gasteiger partial charge in [0.15, 0.2) is 0 Å². The molecular formula is C13H19ClN2O3S. The van der Waals surface area contributed by atoms with Gasteiger partial charge in [0.2, 0.25) is 5.91 Å². The van der Waals surface area contributed by atoms with Gasteiger partial charge in [0.1, 0.15) is 0 Å². The van der Waals surface area contributed by atoms with Crippen molar-refractivity contribution in [2.75, 3.05) is 34.3 Å². The summed E-state index contributed by atoms with van der Waals surface area (Å²) in [5.74, 6) is -0.271. The summed E-state index contributed by atoms with van der Waals surface area (Å²) in [7, 11) is 4.91. The van der Waals surface area contributed by atoms with Crippen LogP contribution in [0.4, 0.5) is 0 Å². The summed E-state index contributed by atoms with van der Waals surface area (Å²) in [5, 5.41) is 0. The molecule has 0 aliphatic carbocycles. The average Bonchev–Trinajstić information content (AvgIpc) is 2.81. The largest absolute Gasteiger partial charge is 0.469 e. The summed E-state index contributed by atoms with van der Waals surface area (Å²) in [6.45, 7) is 1.31. The van der Waals surface area contributed by atoms with E-state index >= 15 is 0 Å². The lowest BCUT2D eigenvalue weighted by molar-refractivity contribution is -0.141. The fourth-order valence-electron chi connectivity index (χ4n) is 1.57. The minimum Gasteiger partial charge on any atom is -0.469 e. The summed E-state index contributed by atoms with van der Waals surface area (Å²) >= 11 is 7.32. The Bertz CT molecular complexity index is 464. The molecule has 1 aromatic heterocycles. The Morgan fingerprint density at radius 1 is 1.35 bits per heavy atom. The highest BCUT2D eigenvalue weighted by molar-refractivity contribution is 7.16. The molecule has 1 amide bonds. The number of carbonyl (C=O) groups is 2. The molecule has 0 aromatic carbocycles. The quantitative estimate of drug-likeness (QED) is 0.720. The van der Waals surface area contributed by atoms with Crippen LogP contribution in [0.25, 0.3) is 0 Å². The van der Waals surface area contributed by atoms with Crippen molar-refractivity contribution in [3.63, 3.8) is 0 Å². The summed E-state index contributed by atoms with van der Waals surface area (Å²) in [5.41, 5.74) is 0. The first-order valence-electron chi connectivity index (χ1n) is 6.16. The van der Waals surface area contributed by atoms with Crippen LogP contribution >= 0.6 is 22.9 Å². The Morgan fingerprint density at radius 2 is 2.05 bits per heavy atom. The van der Waals surface area contributed by atoms with Gasteiger partial charge in [-0.25, -0.2) is 0 Å². The minimum absolute atomic E-state index is 0.00175. The Balaban J connectivity index is 2.35. The summed E-state index contributed by atoms with van der Waals surface area (Å²) in [4.78, 5) is 27.5. The number of halogens is 1. The summed E-state index contributed by atoms with van der Waals surface area (Å²) < 4.78 is 5.28. The molecule has 0 aliphatic rings. The molecule has 1 heterocycles. The zero-order chi connectivity index (χ0) is 15.1. The number of nitrogens with zero attached hydrogens (tertiary/aromatic N) is 2. The first kappa shape index (κ1) is 16.9. The maximum Gasteiger partial charge on any atom is 0.306 e. The highest BCUT2D eigenvalue weighted by atomic mass is 35.5. The molecule has 1 rings (SSSR count). The van der Waals surface area contributed by atoms with Crippen molar-refractivity contribution in [3.05, 3.63) is 21.3 Å². The molecule has 0 unspecified atom stereocenters. The second kappa shape index (κ2) is 8.24. The number of carbonyl (C=O) groups excluding carboxylic acids is 2. The smallest absolute Gasteiger partial charge is 0.306 e. The van der Waals surface area contributed by atoms with Crippen LogP contribution < -0.4 is 0 Å². The van der Waals surface area contributed by atoms with Crippen molar-refractivity contribution in [1.82, 2.24) is 9.80 Å². The molecule has 0 spiro atoms. The van der Waals surface area contributed by atoms with Crippen molar-refractivity contribution >= 4 is 34.8 Å². The zero-order valence-electron chi connectivity index (χ0n) is 11.9. The van der Waals surface area contributed by atoms with Crippen molar-refractivity contribution in [1.29, 1.82) is 0 Å². The highest BCUT2D eigenvalue weighted by Crippen LogP contribution is 2.22. The van der Waals surface area contributed by atoms with E-state index in [0.29, 0.717) is 13.1 Å². The maximum atomic E-state index is 12.0. The van der Waals surface area contributed by atoms with Crippen LogP contribution in [-0.4, -0.2) is 56.0 Å². The van der Waals surface area contributed by atoms with E-state index < -0.39 is 0 Å². The molecule has 7 heteroatoms. The molecule has 0 saturated heterocycles. The van der Waals surface area contributed by atoms with E-state index in [4.69, 9.17) is 11.6 Å². The first-order valence-corrected chi connectivity index (χ1v) is 7.35. The van der Waals surface area contributed by atoms with Gasteiger partial charge in [0, 0.05) is 18.5 Å². The molecule has 0 radical (unpaired) electrons.